The van der Waals surface area contributed by atoms with Gasteiger partial charge in [0.15, 0.2) is 6.61 Å². The van der Waals surface area contributed by atoms with Crippen molar-refractivity contribution < 1.29 is 23.9 Å². The molecule has 2 heterocycles. The Morgan fingerprint density at radius 2 is 1.96 bits per heavy atom. The van der Waals surface area contributed by atoms with Crippen LogP contribution in [0.15, 0.2) is 24.3 Å². The van der Waals surface area contributed by atoms with Crippen LogP contribution in [0, 0.1) is 5.92 Å². The van der Waals surface area contributed by atoms with Crippen LogP contribution in [0.25, 0.3) is 0 Å². The largest absolute Gasteiger partial charge is 0.455 e. The molecule has 0 N–H and O–H groups in total. The molecule has 0 aliphatic carbocycles. The molecule has 2 aliphatic heterocycles. The molecule has 2 saturated heterocycles. The highest BCUT2D eigenvalue weighted by molar-refractivity contribution is 6.01. The summed E-state index contributed by atoms with van der Waals surface area (Å²) in [7, 11) is 0. The molecule has 0 spiro atoms. The molecule has 1 aromatic carbocycles. The zero-order chi connectivity index (χ0) is 20.3. The number of anilines is 1. The van der Waals surface area contributed by atoms with Crippen molar-refractivity contribution in [3.8, 4) is 0 Å². The maximum Gasteiger partial charge on any atom is 0.311 e. The van der Waals surface area contributed by atoms with E-state index in [0.717, 1.165) is 22.6 Å². The fourth-order valence-electron chi connectivity index (χ4n) is 3.71. The van der Waals surface area contributed by atoms with Crippen molar-refractivity contribution in [2.75, 3.05) is 24.6 Å². The number of carbonyl (C=O) groups is 4. The van der Waals surface area contributed by atoms with Crippen LogP contribution < -0.4 is 4.90 Å². The monoisotopic (exact) mass is 386 g/mol. The van der Waals surface area contributed by atoms with E-state index in [1.165, 1.54) is 0 Å². The van der Waals surface area contributed by atoms with Crippen LogP contribution in [-0.2, 0) is 23.9 Å². The van der Waals surface area contributed by atoms with Crippen LogP contribution in [0.4, 0.5) is 5.69 Å². The normalized spacial score (nSPS) is 20.6. The number of likely N-dealkylation sites (tertiary alicyclic amines) is 1. The zero-order valence-electron chi connectivity index (χ0n) is 16.3. The van der Waals surface area contributed by atoms with Gasteiger partial charge in [0.1, 0.15) is 0 Å². The Morgan fingerprint density at radius 3 is 2.64 bits per heavy atom. The Kier molecular flexibility index (Phi) is 6.11. The Balaban J connectivity index is 1.62. The van der Waals surface area contributed by atoms with E-state index in [1.54, 1.807) is 4.90 Å². The first-order chi connectivity index (χ1) is 13.4. The van der Waals surface area contributed by atoms with E-state index >= 15 is 0 Å². The summed E-state index contributed by atoms with van der Waals surface area (Å²) in [5, 5.41) is 0. The average molecular weight is 386 g/mol. The smallest absolute Gasteiger partial charge is 0.311 e. The van der Waals surface area contributed by atoms with Crippen molar-refractivity contribution in [2.24, 2.45) is 5.92 Å². The lowest BCUT2D eigenvalue weighted by Gasteiger charge is -2.23. The summed E-state index contributed by atoms with van der Waals surface area (Å²) in [6, 6.07) is 7.73. The van der Waals surface area contributed by atoms with Gasteiger partial charge >= 0.3 is 5.97 Å². The van der Waals surface area contributed by atoms with Crippen LogP contribution in [0.3, 0.4) is 0 Å². The van der Waals surface area contributed by atoms with Crippen LogP contribution in [0.1, 0.15) is 51.0 Å². The first kappa shape index (κ1) is 20.0. The maximum atomic E-state index is 12.5. The van der Waals surface area contributed by atoms with Gasteiger partial charge in [-0.25, -0.2) is 0 Å². The highest BCUT2D eigenvalue weighted by atomic mass is 16.5. The summed E-state index contributed by atoms with van der Waals surface area (Å²) in [5.41, 5.74) is 1.91. The van der Waals surface area contributed by atoms with Crippen molar-refractivity contribution in [1.29, 1.82) is 0 Å². The van der Waals surface area contributed by atoms with Gasteiger partial charge in [0.25, 0.3) is 5.91 Å². The van der Waals surface area contributed by atoms with Gasteiger partial charge in [-0.3, -0.25) is 24.1 Å². The summed E-state index contributed by atoms with van der Waals surface area (Å²) in [6.07, 6.45) is 1.99. The predicted molar refractivity (Wildman–Crippen MR) is 103 cm³/mol. The fourth-order valence-corrected chi connectivity index (χ4v) is 3.71. The number of para-hydroxylation sites is 1. The van der Waals surface area contributed by atoms with E-state index < -0.39 is 24.4 Å². The maximum absolute atomic E-state index is 12.5. The molecule has 1 aromatic rings. The summed E-state index contributed by atoms with van der Waals surface area (Å²) >= 11 is 0. The number of ether oxygens (including phenoxy) is 1. The molecule has 0 aromatic heterocycles. The molecule has 2 aliphatic rings. The standard InChI is InChI=1S/C21H26N2O5/c1-3-14(2)16-7-4-5-8-17(16)23-12-15(11-19(23)25)21(27)28-13-20(26)22-10-6-9-18(22)24/h4-5,7-8,14-15H,3,6,9-13H2,1-2H3/t14-,15-/m0/s1. The second-order valence-electron chi connectivity index (χ2n) is 7.42. The molecule has 0 saturated carbocycles. The van der Waals surface area contributed by atoms with Gasteiger partial charge in [-0.15, -0.1) is 0 Å². The summed E-state index contributed by atoms with van der Waals surface area (Å²) < 4.78 is 5.12. The van der Waals surface area contributed by atoms with Crippen LogP contribution in [-0.4, -0.2) is 48.3 Å². The van der Waals surface area contributed by atoms with Crippen molar-refractivity contribution in [3.63, 3.8) is 0 Å². The zero-order valence-corrected chi connectivity index (χ0v) is 16.3. The van der Waals surface area contributed by atoms with Crippen molar-refractivity contribution in [3.05, 3.63) is 29.8 Å². The van der Waals surface area contributed by atoms with Gasteiger partial charge in [-0.1, -0.05) is 32.0 Å². The van der Waals surface area contributed by atoms with Gasteiger partial charge in [-0.2, -0.15) is 0 Å². The van der Waals surface area contributed by atoms with Crippen LogP contribution in [0.2, 0.25) is 0 Å². The molecule has 0 unspecified atom stereocenters. The van der Waals surface area contributed by atoms with Crippen LogP contribution in [0.5, 0.6) is 0 Å². The van der Waals surface area contributed by atoms with Gasteiger partial charge in [-0.05, 0) is 30.4 Å². The lowest BCUT2D eigenvalue weighted by atomic mass is 9.96. The first-order valence-electron chi connectivity index (χ1n) is 9.81. The van der Waals surface area contributed by atoms with E-state index in [1.807, 2.05) is 24.3 Å². The van der Waals surface area contributed by atoms with E-state index in [9.17, 15) is 19.2 Å². The minimum Gasteiger partial charge on any atom is -0.455 e. The van der Waals surface area contributed by atoms with E-state index in [-0.39, 0.29) is 24.8 Å². The van der Waals surface area contributed by atoms with Gasteiger partial charge < -0.3 is 9.64 Å². The summed E-state index contributed by atoms with van der Waals surface area (Å²) in [4.78, 5) is 51.3. The third kappa shape index (κ3) is 4.08. The Labute approximate surface area is 164 Å². The summed E-state index contributed by atoms with van der Waals surface area (Å²) in [6.45, 7) is 4.35. The number of hydrogen-bond donors (Lipinski definition) is 0. The van der Waals surface area contributed by atoms with Gasteiger partial charge in [0.05, 0.1) is 5.92 Å². The molecule has 3 rings (SSSR count). The second kappa shape index (κ2) is 8.54. The third-order valence-electron chi connectivity index (χ3n) is 5.54. The predicted octanol–water partition coefficient (Wildman–Crippen LogP) is 2.25. The number of carbonyl (C=O) groups excluding carboxylic acids is 4. The quantitative estimate of drug-likeness (QED) is 0.700. The number of esters is 1. The number of amides is 3. The van der Waals surface area contributed by atoms with Crippen LogP contribution >= 0.6 is 0 Å². The molecule has 7 heteroatoms. The highest BCUT2D eigenvalue weighted by Crippen LogP contribution is 2.33. The summed E-state index contributed by atoms with van der Waals surface area (Å²) in [5.74, 6) is -1.75. The first-order valence-corrected chi connectivity index (χ1v) is 9.81. The third-order valence-corrected chi connectivity index (χ3v) is 5.54. The number of rotatable bonds is 6. The molecule has 28 heavy (non-hydrogen) atoms. The molecule has 7 nitrogen and oxygen atoms in total. The van der Waals surface area contributed by atoms with Crippen molar-refractivity contribution in [1.82, 2.24) is 4.90 Å². The minimum absolute atomic E-state index is 0.0600. The number of benzene rings is 1. The molecule has 2 atom stereocenters. The van der Waals surface area contributed by atoms with Gasteiger partial charge in [0, 0.05) is 31.6 Å². The topological polar surface area (TPSA) is 84.0 Å². The lowest BCUT2D eigenvalue weighted by Crippen LogP contribution is -2.36. The molecule has 3 amide bonds. The molecule has 0 bridgehead atoms. The number of nitrogens with zero attached hydrogens (tertiary/aromatic N) is 2. The Morgan fingerprint density at radius 1 is 1.21 bits per heavy atom. The van der Waals surface area contributed by atoms with E-state index in [4.69, 9.17) is 4.74 Å². The molecular formula is C21H26N2O5. The van der Waals surface area contributed by atoms with E-state index in [0.29, 0.717) is 25.3 Å². The SMILES string of the molecule is CC[C@H](C)c1ccccc1N1C[C@@H](C(=O)OCC(=O)N2CCCC2=O)CC1=O. The molecular weight excluding hydrogens is 360 g/mol. The number of imide groups is 1. The van der Waals surface area contributed by atoms with Gasteiger partial charge in [0.2, 0.25) is 11.8 Å². The minimum atomic E-state index is -0.612. The van der Waals surface area contributed by atoms with Crippen molar-refractivity contribution >= 4 is 29.4 Å². The van der Waals surface area contributed by atoms with Crippen molar-refractivity contribution in [2.45, 2.75) is 45.4 Å². The second-order valence-corrected chi connectivity index (χ2v) is 7.42. The highest BCUT2D eigenvalue weighted by Gasteiger charge is 2.38. The molecule has 150 valence electrons. The fraction of sp³-hybridized carbons (Fsp3) is 0.524. The lowest BCUT2D eigenvalue weighted by molar-refractivity contribution is -0.157. The molecule has 0 radical (unpaired) electrons. The average Bonchev–Trinajstić information content (AvgIpc) is 3.30. The Hall–Kier alpha value is -2.70. The number of hydrogen-bond acceptors (Lipinski definition) is 5. The Bertz CT molecular complexity index is 791. The molecule has 2 fully saturated rings. The van der Waals surface area contributed by atoms with E-state index in [2.05, 4.69) is 13.8 Å².